The lowest BCUT2D eigenvalue weighted by molar-refractivity contribution is -0.153. The van der Waals surface area contributed by atoms with Crippen LogP contribution in [0.25, 0.3) is 11.0 Å². The van der Waals surface area contributed by atoms with Gasteiger partial charge in [-0.2, -0.15) is 0 Å². The molecule has 0 unspecified atom stereocenters. The fourth-order valence-electron chi connectivity index (χ4n) is 5.34. The number of fused-ring (bicyclic) bond motifs is 3. The minimum Gasteiger partial charge on any atom is -0.493 e. The molecule has 41 heavy (non-hydrogen) atoms. The molecule has 1 aliphatic rings. The van der Waals surface area contributed by atoms with Gasteiger partial charge in [-0.3, -0.25) is 14.5 Å². The van der Waals surface area contributed by atoms with Crippen LogP contribution < -0.4 is 14.4 Å². The van der Waals surface area contributed by atoms with Crippen LogP contribution in [0.5, 0.6) is 11.5 Å². The summed E-state index contributed by atoms with van der Waals surface area (Å²) in [6.45, 7) is 7.15. The van der Waals surface area contributed by atoms with E-state index in [1.165, 1.54) is 0 Å². The van der Waals surface area contributed by atoms with Crippen molar-refractivity contribution in [1.82, 2.24) is 9.55 Å². The minimum absolute atomic E-state index is 0.169. The molecule has 8 nitrogen and oxygen atoms in total. The first-order chi connectivity index (χ1) is 19.9. The summed E-state index contributed by atoms with van der Waals surface area (Å²) in [6.07, 6.45) is 1.53. The standard InChI is InChI=1S/C33H37N3O5/c1-5-40-32(38)29-30(24-15-16-27(28(21-24)39-4)41-20-18-22(2)3)36-26-14-10-9-13-25(26)34-33(36)35(31(29)37)19-17-23-11-7-6-8-12-23/h6-16,21-22,29-30H,5,17-20H2,1-4H3/t29-,30-/m0/s1. The van der Waals surface area contributed by atoms with Crippen LogP contribution in [0.2, 0.25) is 0 Å². The maximum Gasteiger partial charge on any atom is 0.321 e. The molecule has 214 valence electrons. The Morgan fingerprint density at radius 3 is 2.49 bits per heavy atom. The number of benzene rings is 3. The van der Waals surface area contributed by atoms with Crippen LogP contribution in [-0.4, -0.2) is 48.3 Å². The molecule has 5 rings (SSSR count). The first-order valence-corrected chi connectivity index (χ1v) is 14.2. The van der Waals surface area contributed by atoms with Gasteiger partial charge in [0, 0.05) is 6.54 Å². The highest BCUT2D eigenvalue weighted by Crippen LogP contribution is 2.43. The number of hydrogen-bond acceptors (Lipinski definition) is 6. The Bertz CT molecular complexity index is 1510. The summed E-state index contributed by atoms with van der Waals surface area (Å²) in [5.41, 5.74) is 3.40. The third-order valence-electron chi connectivity index (χ3n) is 7.43. The Hall–Kier alpha value is -4.33. The van der Waals surface area contributed by atoms with Gasteiger partial charge in [0.2, 0.25) is 11.9 Å². The highest BCUT2D eigenvalue weighted by atomic mass is 16.5. The van der Waals surface area contributed by atoms with Crippen LogP contribution in [0, 0.1) is 11.8 Å². The molecule has 0 radical (unpaired) electrons. The van der Waals surface area contributed by atoms with Crippen LogP contribution in [0.3, 0.4) is 0 Å². The number of carbonyl (C=O) groups is 2. The topological polar surface area (TPSA) is 82.9 Å². The van der Waals surface area contributed by atoms with Crippen molar-refractivity contribution < 1.29 is 23.8 Å². The van der Waals surface area contributed by atoms with Gasteiger partial charge in [0.25, 0.3) is 0 Å². The number of esters is 1. The highest BCUT2D eigenvalue weighted by molar-refractivity contribution is 6.08. The van der Waals surface area contributed by atoms with E-state index in [2.05, 4.69) is 13.8 Å². The van der Waals surface area contributed by atoms with Crippen LogP contribution in [0.15, 0.2) is 72.8 Å². The zero-order valence-corrected chi connectivity index (χ0v) is 24.1. The molecule has 0 N–H and O–H groups in total. The summed E-state index contributed by atoms with van der Waals surface area (Å²) < 4.78 is 19.2. The molecule has 4 aromatic rings. The largest absolute Gasteiger partial charge is 0.493 e. The minimum atomic E-state index is -1.10. The van der Waals surface area contributed by atoms with Gasteiger partial charge in [-0.05, 0) is 61.1 Å². The summed E-state index contributed by atoms with van der Waals surface area (Å²) in [6, 6.07) is 22.6. The molecule has 8 heteroatoms. The third-order valence-corrected chi connectivity index (χ3v) is 7.43. The van der Waals surface area contributed by atoms with E-state index in [-0.39, 0.29) is 12.5 Å². The number of rotatable bonds is 11. The average Bonchev–Trinajstić information content (AvgIpc) is 3.36. The lowest BCUT2D eigenvalue weighted by Gasteiger charge is -2.38. The Labute approximate surface area is 240 Å². The fourth-order valence-corrected chi connectivity index (χ4v) is 5.34. The number of hydrogen-bond donors (Lipinski definition) is 0. The number of amides is 1. The molecule has 0 bridgehead atoms. The van der Waals surface area contributed by atoms with Crippen LogP contribution >= 0.6 is 0 Å². The molecule has 0 aliphatic carbocycles. The van der Waals surface area contributed by atoms with Crippen molar-refractivity contribution in [2.24, 2.45) is 11.8 Å². The Morgan fingerprint density at radius 1 is 1.00 bits per heavy atom. The predicted octanol–water partition coefficient (Wildman–Crippen LogP) is 5.83. The van der Waals surface area contributed by atoms with E-state index in [1.807, 2.05) is 77.4 Å². The van der Waals surface area contributed by atoms with Crippen molar-refractivity contribution in [2.75, 3.05) is 31.8 Å². The molecule has 1 amide bonds. The van der Waals surface area contributed by atoms with Gasteiger partial charge < -0.3 is 18.8 Å². The number of imidazole rings is 1. The number of carbonyl (C=O) groups excluding carboxylic acids is 2. The normalized spacial score (nSPS) is 16.6. The molecule has 2 heterocycles. The van der Waals surface area contributed by atoms with E-state index in [0.717, 1.165) is 28.6 Å². The van der Waals surface area contributed by atoms with E-state index >= 15 is 0 Å². The second kappa shape index (κ2) is 12.5. The third kappa shape index (κ3) is 5.78. The molecule has 0 spiro atoms. The summed E-state index contributed by atoms with van der Waals surface area (Å²) >= 11 is 0. The number of ether oxygens (including phenoxy) is 3. The molecule has 0 saturated carbocycles. The second-order valence-corrected chi connectivity index (χ2v) is 10.6. The summed E-state index contributed by atoms with van der Waals surface area (Å²) in [4.78, 5) is 34.3. The van der Waals surface area contributed by atoms with Gasteiger partial charge in [-0.25, -0.2) is 4.98 Å². The highest BCUT2D eigenvalue weighted by Gasteiger charge is 2.48. The smallest absolute Gasteiger partial charge is 0.321 e. The molecule has 1 aromatic heterocycles. The van der Waals surface area contributed by atoms with E-state index in [4.69, 9.17) is 19.2 Å². The lowest BCUT2D eigenvalue weighted by Crippen LogP contribution is -2.50. The van der Waals surface area contributed by atoms with Crippen molar-refractivity contribution >= 4 is 28.9 Å². The van der Waals surface area contributed by atoms with Crippen LogP contribution in [0.1, 0.15) is 44.4 Å². The predicted molar refractivity (Wildman–Crippen MR) is 158 cm³/mol. The van der Waals surface area contributed by atoms with Crippen molar-refractivity contribution in [1.29, 1.82) is 0 Å². The van der Waals surface area contributed by atoms with E-state index in [9.17, 15) is 9.59 Å². The van der Waals surface area contributed by atoms with E-state index in [1.54, 1.807) is 18.9 Å². The zero-order valence-electron chi connectivity index (χ0n) is 24.1. The molecule has 3 aromatic carbocycles. The van der Waals surface area contributed by atoms with Crippen LogP contribution in [0.4, 0.5) is 5.95 Å². The van der Waals surface area contributed by atoms with Crippen molar-refractivity contribution in [3.05, 3.63) is 83.9 Å². The van der Waals surface area contributed by atoms with Crippen molar-refractivity contribution in [3.63, 3.8) is 0 Å². The SMILES string of the molecule is CCOC(=O)[C@@H]1C(=O)N(CCc2ccccc2)c2nc3ccccc3n2[C@H]1c1ccc(OCCC(C)C)c(OC)c1. The number of nitrogens with zero attached hydrogens (tertiary/aromatic N) is 3. The van der Waals surface area contributed by atoms with Gasteiger partial charge in [-0.1, -0.05) is 62.4 Å². The molecule has 2 atom stereocenters. The summed E-state index contributed by atoms with van der Waals surface area (Å²) in [5.74, 6) is 0.180. The molecule has 0 saturated heterocycles. The van der Waals surface area contributed by atoms with Gasteiger partial charge in [0.05, 0.1) is 37.4 Å². The maximum absolute atomic E-state index is 14.2. The van der Waals surface area contributed by atoms with Crippen molar-refractivity contribution in [2.45, 2.75) is 39.7 Å². The van der Waals surface area contributed by atoms with Gasteiger partial charge in [0.15, 0.2) is 17.4 Å². The quantitative estimate of drug-likeness (QED) is 0.171. The molecular formula is C33H37N3O5. The van der Waals surface area contributed by atoms with Crippen molar-refractivity contribution in [3.8, 4) is 11.5 Å². The maximum atomic E-state index is 14.2. The molecule has 0 fully saturated rings. The molecular weight excluding hydrogens is 518 g/mol. The Balaban J connectivity index is 1.62. The molecule has 1 aliphatic heterocycles. The first-order valence-electron chi connectivity index (χ1n) is 14.2. The number of anilines is 1. The number of aromatic nitrogens is 2. The van der Waals surface area contributed by atoms with E-state index < -0.39 is 17.9 Å². The zero-order chi connectivity index (χ0) is 28.9. The average molecular weight is 556 g/mol. The van der Waals surface area contributed by atoms with E-state index in [0.29, 0.717) is 42.9 Å². The number of methoxy groups -OCH3 is 1. The lowest BCUT2D eigenvalue weighted by atomic mass is 9.89. The van der Waals surface area contributed by atoms with Gasteiger partial charge in [0.1, 0.15) is 0 Å². The monoisotopic (exact) mass is 555 g/mol. The first kappa shape index (κ1) is 28.2. The summed E-state index contributed by atoms with van der Waals surface area (Å²) in [5, 5.41) is 0. The summed E-state index contributed by atoms with van der Waals surface area (Å²) in [7, 11) is 1.59. The van der Waals surface area contributed by atoms with Gasteiger partial charge >= 0.3 is 5.97 Å². The Kier molecular flexibility index (Phi) is 8.57. The van der Waals surface area contributed by atoms with Crippen LogP contribution in [-0.2, 0) is 20.7 Å². The van der Waals surface area contributed by atoms with Gasteiger partial charge in [-0.15, -0.1) is 0 Å². The fraction of sp³-hybridized carbons (Fsp3) is 0.364. The Morgan fingerprint density at radius 2 is 1.76 bits per heavy atom. The number of para-hydroxylation sites is 2. The second-order valence-electron chi connectivity index (χ2n) is 10.6.